The molecule has 5 nitrogen and oxygen atoms in total. The number of methoxy groups -OCH3 is 1. The molecule has 1 aromatic rings. The Balaban J connectivity index is 2.47. The van der Waals surface area contributed by atoms with Crippen LogP contribution in [0.1, 0.15) is 19.8 Å². The molecule has 0 unspecified atom stereocenters. The van der Waals surface area contributed by atoms with E-state index in [1.807, 2.05) is 6.92 Å². The predicted octanol–water partition coefficient (Wildman–Crippen LogP) is 1.98. The van der Waals surface area contributed by atoms with Gasteiger partial charge in [0.2, 0.25) is 0 Å². The lowest BCUT2D eigenvalue weighted by molar-refractivity contribution is -0.147. The van der Waals surface area contributed by atoms with Crippen molar-refractivity contribution in [3.05, 3.63) is 24.3 Å². The number of para-hydroxylation sites is 2. The highest BCUT2D eigenvalue weighted by molar-refractivity contribution is 5.94. The Morgan fingerprint density at radius 2 is 2.00 bits per heavy atom. The third-order valence-electron chi connectivity index (χ3n) is 2.20. The molecular weight excluding hydrogens is 234 g/mol. The van der Waals surface area contributed by atoms with Crippen LogP contribution in [-0.2, 0) is 14.3 Å². The second-order valence-corrected chi connectivity index (χ2v) is 3.66. The number of anilines is 1. The number of nitrogens with one attached hydrogen (secondary N) is 1. The Morgan fingerprint density at radius 1 is 1.28 bits per heavy atom. The van der Waals surface area contributed by atoms with Gasteiger partial charge in [0, 0.05) is 6.42 Å². The predicted molar refractivity (Wildman–Crippen MR) is 67.5 cm³/mol. The summed E-state index contributed by atoms with van der Waals surface area (Å²) < 4.78 is 9.89. The molecule has 0 heterocycles. The molecule has 0 aliphatic heterocycles. The van der Waals surface area contributed by atoms with Gasteiger partial charge in [0.25, 0.3) is 5.91 Å². The number of rotatable bonds is 6. The SMILES string of the molecule is CCCC(=O)OCC(=O)Nc1ccccc1OC. The van der Waals surface area contributed by atoms with Gasteiger partial charge in [0.1, 0.15) is 5.75 Å². The minimum atomic E-state index is -0.385. The summed E-state index contributed by atoms with van der Waals surface area (Å²) in [6.45, 7) is 1.59. The molecule has 0 aliphatic rings. The topological polar surface area (TPSA) is 64.6 Å². The summed E-state index contributed by atoms with van der Waals surface area (Å²) in [7, 11) is 1.52. The number of amides is 1. The number of hydrogen-bond donors (Lipinski definition) is 1. The second kappa shape index (κ2) is 7.32. The Labute approximate surface area is 106 Å². The summed E-state index contributed by atoms with van der Waals surface area (Å²) in [5.74, 6) is -0.192. The highest BCUT2D eigenvalue weighted by atomic mass is 16.5. The maximum Gasteiger partial charge on any atom is 0.306 e. The summed E-state index contributed by atoms with van der Waals surface area (Å²) >= 11 is 0. The molecule has 0 saturated heterocycles. The van der Waals surface area contributed by atoms with Crippen LogP contribution in [0, 0.1) is 0 Å². The molecule has 0 bridgehead atoms. The van der Waals surface area contributed by atoms with E-state index in [0.717, 1.165) is 0 Å². The van der Waals surface area contributed by atoms with Gasteiger partial charge in [0.15, 0.2) is 6.61 Å². The molecular formula is C13H17NO4. The molecule has 0 radical (unpaired) electrons. The monoisotopic (exact) mass is 251 g/mol. The lowest BCUT2D eigenvalue weighted by Crippen LogP contribution is -2.21. The molecule has 18 heavy (non-hydrogen) atoms. The van der Waals surface area contributed by atoms with Crippen LogP contribution >= 0.6 is 0 Å². The number of esters is 1. The first-order valence-electron chi connectivity index (χ1n) is 5.75. The summed E-state index contributed by atoms with van der Waals surface area (Å²) in [5.41, 5.74) is 0.552. The largest absolute Gasteiger partial charge is 0.495 e. The first-order chi connectivity index (χ1) is 8.67. The third kappa shape index (κ3) is 4.45. The zero-order valence-corrected chi connectivity index (χ0v) is 10.6. The van der Waals surface area contributed by atoms with Gasteiger partial charge in [-0.15, -0.1) is 0 Å². The van der Waals surface area contributed by atoms with Gasteiger partial charge < -0.3 is 14.8 Å². The fraction of sp³-hybridized carbons (Fsp3) is 0.385. The van der Waals surface area contributed by atoms with Gasteiger partial charge in [-0.05, 0) is 18.6 Å². The Bertz CT molecular complexity index is 417. The van der Waals surface area contributed by atoms with Crippen LogP contribution in [0.15, 0.2) is 24.3 Å². The lowest BCUT2D eigenvalue weighted by atomic mass is 10.3. The van der Waals surface area contributed by atoms with Crippen LogP contribution in [0.25, 0.3) is 0 Å². The summed E-state index contributed by atoms with van der Waals surface area (Å²) in [6, 6.07) is 7.03. The number of hydrogen-bond acceptors (Lipinski definition) is 4. The molecule has 0 saturated carbocycles. The zero-order valence-electron chi connectivity index (χ0n) is 10.6. The molecule has 1 aromatic carbocycles. The van der Waals surface area contributed by atoms with Crippen LogP contribution < -0.4 is 10.1 Å². The average molecular weight is 251 g/mol. The first kappa shape index (κ1) is 14.0. The van der Waals surface area contributed by atoms with E-state index in [2.05, 4.69) is 5.32 Å². The van der Waals surface area contributed by atoms with Crippen molar-refractivity contribution in [2.45, 2.75) is 19.8 Å². The van der Waals surface area contributed by atoms with E-state index < -0.39 is 0 Å². The van der Waals surface area contributed by atoms with Crippen LogP contribution in [0.4, 0.5) is 5.69 Å². The van der Waals surface area contributed by atoms with E-state index >= 15 is 0 Å². The van der Waals surface area contributed by atoms with Crippen molar-refractivity contribution in [1.82, 2.24) is 0 Å². The van der Waals surface area contributed by atoms with Gasteiger partial charge in [-0.1, -0.05) is 19.1 Å². The number of carbonyl (C=O) groups excluding carboxylic acids is 2. The standard InChI is InChI=1S/C13H17NO4/c1-3-6-13(16)18-9-12(15)14-10-7-4-5-8-11(10)17-2/h4-5,7-8H,3,6,9H2,1-2H3,(H,14,15). The Hall–Kier alpha value is -2.04. The normalized spacial score (nSPS) is 9.67. The average Bonchev–Trinajstić information content (AvgIpc) is 2.37. The minimum Gasteiger partial charge on any atom is -0.495 e. The fourth-order valence-electron chi connectivity index (χ4n) is 1.36. The van der Waals surface area contributed by atoms with Crippen molar-refractivity contribution < 1.29 is 19.1 Å². The van der Waals surface area contributed by atoms with Crippen LogP contribution in [0.5, 0.6) is 5.75 Å². The molecule has 1 amide bonds. The van der Waals surface area contributed by atoms with Gasteiger partial charge in [0.05, 0.1) is 12.8 Å². The number of benzene rings is 1. The molecule has 1 rings (SSSR count). The van der Waals surface area contributed by atoms with Crippen molar-refractivity contribution in [3.8, 4) is 5.75 Å². The van der Waals surface area contributed by atoms with E-state index in [1.54, 1.807) is 24.3 Å². The van der Waals surface area contributed by atoms with Gasteiger partial charge in [-0.3, -0.25) is 9.59 Å². The molecule has 0 aliphatic carbocycles. The van der Waals surface area contributed by atoms with E-state index in [9.17, 15) is 9.59 Å². The molecule has 0 fully saturated rings. The summed E-state index contributed by atoms with van der Waals surface area (Å²) in [6.07, 6.45) is 1.02. The third-order valence-corrected chi connectivity index (χ3v) is 2.20. The summed E-state index contributed by atoms with van der Waals surface area (Å²) in [5, 5.41) is 2.62. The molecule has 1 N–H and O–H groups in total. The van der Waals surface area contributed by atoms with Crippen molar-refractivity contribution >= 4 is 17.6 Å². The van der Waals surface area contributed by atoms with Crippen LogP contribution in [0.3, 0.4) is 0 Å². The van der Waals surface area contributed by atoms with Crippen molar-refractivity contribution in [1.29, 1.82) is 0 Å². The number of ether oxygens (including phenoxy) is 2. The zero-order chi connectivity index (χ0) is 13.4. The van der Waals surface area contributed by atoms with Crippen LogP contribution in [0.2, 0.25) is 0 Å². The maximum atomic E-state index is 11.5. The Morgan fingerprint density at radius 3 is 2.67 bits per heavy atom. The van der Waals surface area contributed by atoms with E-state index in [4.69, 9.17) is 9.47 Å². The highest BCUT2D eigenvalue weighted by Gasteiger charge is 2.09. The quantitative estimate of drug-likeness (QED) is 0.785. The summed E-state index contributed by atoms with van der Waals surface area (Å²) in [4.78, 5) is 22.6. The van der Waals surface area contributed by atoms with Gasteiger partial charge in [-0.25, -0.2) is 0 Å². The van der Waals surface area contributed by atoms with Crippen molar-refractivity contribution in [2.24, 2.45) is 0 Å². The highest BCUT2D eigenvalue weighted by Crippen LogP contribution is 2.22. The molecule has 5 heteroatoms. The van der Waals surface area contributed by atoms with E-state index in [-0.39, 0.29) is 18.5 Å². The molecule has 0 atom stereocenters. The second-order valence-electron chi connectivity index (χ2n) is 3.66. The van der Waals surface area contributed by atoms with Crippen molar-refractivity contribution in [2.75, 3.05) is 19.0 Å². The number of carbonyl (C=O) groups is 2. The molecule has 0 spiro atoms. The van der Waals surface area contributed by atoms with E-state index in [1.165, 1.54) is 7.11 Å². The minimum absolute atomic E-state index is 0.281. The van der Waals surface area contributed by atoms with Crippen molar-refractivity contribution in [3.63, 3.8) is 0 Å². The van der Waals surface area contributed by atoms with Gasteiger partial charge in [-0.2, -0.15) is 0 Å². The Kier molecular flexibility index (Phi) is 5.70. The van der Waals surface area contributed by atoms with Gasteiger partial charge >= 0.3 is 5.97 Å². The fourth-order valence-corrected chi connectivity index (χ4v) is 1.36. The maximum absolute atomic E-state index is 11.5. The molecule has 0 aromatic heterocycles. The van der Waals surface area contributed by atoms with E-state index in [0.29, 0.717) is 24.3 Å². The first-order valence-corrected chi connectivity index (χ1v) is 5.75. The lowest BCUT2D eigenvalue weighted by Gasteiger charge is -2.09. The van der Waals surface area contributed by atoms with Crippen LogP contribution in [-0.4, -0.2) is 25.6 Å². The molecule has 98 valence electrons. The smallest absolute Gasteiger partial charge is 0.306 e.